The molecule has 0 saturated heterocycles. The lowest BCUT2D eigenvalue weighted by atomic mass is 10.1. The van der Waals surface area contributed by atoms with Crippen LogP contribution in [0.5, 0.6) is 17.2 Å². The first-order valence-corrected chi connectivity index (χ1v) is 8.99. The van der Waals surface area contributed by atoms with Gasteiger partial charge in [0.05, 0.1) is 27.0 Å². The Kier molecular flexibility index (Phi) is 6.03. The van der Waals surface area contributed by atoms with E-state index in [1.54, 1.807) is 37.4 Å². The zero-order valence-corrected chi connectivity index (χ0v) is 17.0. The molecule has 2 aromatic carbocycles. The van der Waals surface area contributed by atoms with Crippen molar-refractivity contribution in [2.45, 2.75) is 6.54 Å². The molecule has 9 nitrogen and oxygen atoms in total. The zero-order valence-electron chi connectivity index (χ0n) is 16.2. The second-order valence-corrected chi connectivity index (χ2v) is 6.33. The smallest absolute Gasteiger partial charge is 0.240 e. The van der Waals surface area contributed by atoms with Gasteiger partial charge in [-0.05, 0) is 54.7 Å². The number of nitrogen functional groups attached to an aromatic ring is 1. The van der Waals surface area contributed by atoms with Crippen molar-refractivity contribution >= 4 is 29.6 Å². The second-order valence-electron chi connectivity index (χ2n) is 5.97. The highest BCUT2D eigenvalue weighted by Crippen LogP contribution is 2.27. The lowest BCUT2D eigenvalue weighted by molar-refractivity contribution is 0.0966. The third kappa shape index (κ3) is 4.32. The molecule has 3 aromatic rings. The first-order chi connectivity index (χ1) is 14.0. The molecule has 0 unspecified atom stereocenters. The molecule has 0 aliphatic heterocycles. The quantitative estimate of drug-likeness (QED) is 0.427. The van der Waals surface area contributed by atoms with Crippen molar-refractivity contribution < 1.29 is 19.0 Å². The molecule has 0 spiro atoms. The highest BCUT2D eigenvalue weighted by molar-refractivity contribution is 7.71. The molecule has 152 valence electrons. The van der Waals surface area contributed by atoms with Crippen LogP contribution in [-0.2, 0) is 6.54 Å². The zero-order chi connectivity index (χ0) is 21.0. The van der Waals surface area contributed by atoms with Crippen LogP contribution in [0.3, 0.4) is 0 Å². The molecule has 29 heavy (non-hydrogen) atoms. The molecule has 10 heteroatoms. The maximum absolute atomic E-state index is 12.7. The monoisotopic (exact) mass is 415 g/mol. The number of rotatable bonds is 8. The maximum atomic E-state index is 12.7. The highest BCUT2D eigenvalue weighted by Gasteiger charge is 2.15. The third-order valence-corrected chi connectivity index (χ3v) is 4.59. The molecule has 0 atom stereocenters. The molecule has 3 rings (SSSR count). The molecular weight excluding hydrogens is 394 g/mol. The number of benzene rings is 2. The van der Waals surface area contributed by atoms with Crippen LogP contribution in [0.25, 0.3) is 0 Å². The third-order valence-electron chi connectivity index (χ3n) is 4.19. The summed E-state index contributed by atoms with van der Waals surface area (Å²) in [5.41, 5.74) is 10.2. The lowest BCUT2D eigenvalue weighted by Gasteiger charge is -2.09. The molecule has 0 radical (unpaired) electrons. The number of aromatic nitrogens is 3. The van der Waals surface area contributed by atoms with Gasteiger partial charge in [0, 0.05) is 5.56 Å². The Morgan fingerprint density at radius 1 is 1.07 bits per heavy atom. The van der Waals surface area contributed by atoms with E-state index >= 15 is 0 Å². The Morgan fingerprint density at radius 3 is 2.38 bits per heavy atom. The lowest BCUT2D eigenvalue weighted by Crippen LogP contribution is -2.14. The summed E-state index contributed by atoms with van der Waals surface area (Å²) in [6.45, 7) is -0.0736. The van der Waals surface area contributed by atoms with Crippen molar-refractivity contribution in [3.8, 4) is 17.2 Å². The van der Waals surface area contributed by atoms with Gasteiger partial charge in [0.1, 0.15) is 12.3 Å². The summed E-state index contributed by atoms with van der Waals surface area (Å²) >= 11 is 5.42. The van der Waals surface area contributed by atoms with Gasteiger partial charge >= 0.3 is 0 Å². The van der Waals surface area contributed by atoms with E-state index in [1.807, 2.05) is 12.1 Å². The number of carbonyl (C=O) groups excluding carboxylic acids is 1. The van der Waals surface area contributed by atoms with Gasteiger partial charge in [-0.25, -0.2) is 4.68 Å². The van der Waals surface area contributed by atoms with E-state index < -0.39 is 0 Å². The van der Waals surface area contributed by atoms with Gasteiger partial charge in [0.25, 0.3) is 0 Å². The van der Waals surface area contributed by atoms with E-state index in [0.717, 1.165) is 11.4 Å². The largest absolute Gasteiger partial charge is 0.497 e. The average molecular weight is 415 g/mol. The van der Waals surface area contributed by atoms with Crippen LogP contribution in [0.15, 0.2) is 42.5 Å². The predicted molar refractivity (Wildman–Crippen MR) is 111 cm³/mol. The number of hydrogen-bond acceptors (Lipinski definition) is 8. The van der Waals surface area contributed by atoms with Crippen LogP contribution >= 0.6 is 12.2 Å². The minimum absolute atomic E-state index is 0.0736. The first kappa shape index (κ1) is 20.2. The number of ether oxygens (including phenoxy) is 3. The Morgan fingerprint density at radius 2 is 1.76 bits per heavy atom. The summed E-state index contributed by atoms with van der Waals surface area (Å²) in [5.74, 6) is 1.66. The van der Waals surface area contributed by atoms with Crippen molar-refractivity contribution in [3.63, 3.8) is 0 Å². The Bertz CT molecular complexity index is 1080. The van der Waals surface area contributed by atoms with Crippen molar-refractivity contribution in [2.75, 3.05) is 32.5 Å². The van der Waals surface area contributed by atoms with Gasteiger partial charge in [0.15, 0.2) is 17.3 Å². The number of ketones is 1. The second kappa shape index (κ2) is 8.65. The van der Waals surface area contributed by atoms with Crippen molar-refractivity contribution in [1.82, 2.24) is 14.5 Å². The average Bonchev–Trinajstić information content (AvgIpc) is 3.00. The summed E-state index contributed by atoms with van der Waals surface area (Å²) in [5, 5.41) is 4.17. The van der Waals surface area contributed by atoms with Crippen LogP contribution in [0, 0.1) is 4.77 Å². The van der Waals surface area contributed by atoms with Gasteiger partial charge in [-0.15, -0.1) is 5.10 Å². The van der Waals surface area contributed by atoms with Crippen molar-refractivity contribution in [1.29, 1.82) is 0 Å². The van der Waals surface area contributed by atoms with Crippen LogP contribution < -0.4 is 25.4 Å². The summed E-state index contributed by atoms with van der Waals surface area (Å²) in [4.78, 5) is 12.7. The van der Waals surface area contributed by atoms with Crippen LogP contribution in [0.2, 0.25) is 0 Å². The van der Waals surface area contributed by atoms with Gasteiger partial charge < -0.3 is 19.9 Å². The van der Waals surface area contributed by atoms with Crippen LogP contribution in [-0.4, -0.2) is 41.6 Å². The van der Waals surface area contributed by atoms with E-state index in [4.69, 9.17) is 32.2 Å². The number of carbonyl (C=O) groups is 1. The Balaban J connectivity index is 1.80. The van der Waals surface area contributed by atoms with E-state index in [1.165, 1.54) is 23.6 Å². The number of nitrogens with one attached hydrogen (secondary N) is 1. The summed E-state index contributed by atoms with van der Waals surface area (Å²) < 4.78 is 18.6. The fourth-order valence-corrected chi connectivity index (χ4v) is 2.91. The SMILES string of the molecule is COc1ccc(Nn2c(N)nn(CC(=O)c3ccc(OC)c(OC)c3)c2=S)cc1. The number of hydrogen-bond donors (Lipinski definition) is 2. The van der Waals surface area contributed by atoms with Crippen molar-refractivity contribution in [2.24, 2.45) is 0 Å². The van der Waals surface area contributed by atoms with Gasteiger partial charge in [-0.3, -0.25) is 10.2 Å². The maximum Gasteiger partial charge on any atom is 0.240 e. The number of nitrogens with zero attached hydrogens (tertiary/aromatic N) is 3. The van der Waals surface area contributed by atoms with Gasteiger partial charge in [0.2, 0.25) is 10.7 Å². The van der Waals surface area contributed by atoms with E-state index in [0.29, 0.717) is 17.1 Å². The molecule has 3 N–H and O–H groups in total. The number of anilines is 2. The molecule has 1 aromatic heterocycles. The van der Waals surface area contributed by atoms with Crippen LogP contribution in [0.4, 0.5) is 11.6 Å². The summed E-state index contributed by atoms with van der Waals surface area (Å²) in [6, 6.07) is 12.2. The van der Waals surface area contributed by atoms with Crippen LogP contribution in [0.1, 0.15) is 10.4 Å². The summed E-state index contributed by atoms with van der Waals surface area (Å²) in [6.07, 6.45) is 0. The van der Waals surface area contributed by atoms with E-state index in [9.17, 15) is 4.79 Å². The normalized spacial score (nSPS) is 10.4. The molecule has 0 aliphatic carbocycles. The predicted octanol–water partition coefficient (Wildman–Crippen LogP) is 2.78. The summed E-state index contributed by atoms with van der Waals surface area (Å²) in [7, 11) is 4.63. The molecule has 0 bridgehead atoms. The topological polar surface area (TPSA) is 106 Å². The Labute approximate surface area is 172 Å². The molecule has 0 aliphatic rings. The minimum atomic E-state index is -0.198. The Hall–Kier alpha value is -3.53. The molecule has 0 saturated carbocycles. The first-order valence-electron chi connectivity index (χ1n) is 8.58. The van der Waals surface area contributed by atoms with E-state index in [-0.39, 0.29) is 23.0 Å². The number of Topliss-reactive ketones (excluding diaryl/α,β-unsaturated/α-hetero) is 1. The molecular formula is C19H21N5O4S. The fraction of sp³-hybridized carbons (Fsp3) is 0.211. The highest BCUT2D eigenvalue weighted by atomic mass is 32.1. The molecule has 0 fully saturated rings. The number of methoxy groups -OCH3 is 3. The molecule has 0 amide bonds. The van der Waals surface area contributed by atoms with Crippen molar-refractivity contribution in [3.05, 3.63) is 52.8 Å². The molecule has 1 heterocycles. The van der Waals surface area contributed by atoms with E-state index in [2.05, 4.69) is 10.5 Å². The van der Waals surface area contributed by atoms with Gasteiger partial charge in [-0.1, -0.05) is 0 Å². The standard InChI is InChI=1S/C19H21N5O4S/c1-26-14-7-5-13(6-8-14)21-24-18(20)22-23(19(24)29)11-15(25)12-4-9-16(27-2)17(10-12)28-3/h4-10,21H,11H2,1-3H3,(H2,20,22). The number of nitrogens with two attached hydrogens (primary N) is 1. The minimum Gasteiger partial charge on any atom is -0.497 e. The fourth-order valence-electron chi connectivity index (χ4n) is 2.66. The van der Waals surface area contributed by atoms with Gasteiger partial charge in [-0.2, -0.15) is 4.68 Å².